The van der Waals surface area contributed by atoms with Crippen LogP contribution in [-0.4, -0.2) is 34.7 Å². The molecule has 1 fully saturated rings. The fraction of sp³-hybridized carbons (Fsp3) is 0.389. The molecule has 1 aromatic carbocycles. The first-order valence-electron chi connectivity index (χ1n) is 8.26. The Morgan fingerprint density at radius 1 is 1.52 bits per heavy atom. The minimum atomic E-state index is -0.194. The van der Waals surface area contributed by atoms with Crippen LogP contribution in [0.25, 0.3) is 10.9 Å². The second kappa shape index (κ2) is 7.33. The van der Waals surface area contributed by atoms with Crippen LogP contribution in [0.5, 0.6) is 0 Å². The molecular weight excluding hydrogens is 338 g/mol. The van der Waals surface area contributed by atoms with Crippen LogP contribution in [-0.2, 0) is 11.3 Å². The van der Waals surface area contributed by atoms with Crippen molar-refractivity contribution in [2.75, 3.05) is 7.11 Å². The lowest BCUT2D eigenvalue weighted by atomic mass is 10.1. The lowest BCUT2D eigenvalue weighted by molar-refractivity contribution is 0.0722. The molecule has 1 saturated carbocycles. The van der Waals surface area contributed by atoms with Crippen LogP contribution < -0.4 is 10.9 Å². The molecule has 0 saturated heterocycles. The maximum absolute atomic E-state index is 12.5. The highest BCUT2D eigenvalue weighted by Crippen LogP contribution is 2.22. The van der Waals surface area contributed by atoms with Gasteiger partial charge in [0, 0.05) is 19.2 Å². The normalized spacial score (nSPS) is 19.9. The summed E-state index contributed by atoms with van der Waals surface area (Å²) < 4.78 is 7.16. The standard InChI is InChI=1S/C18H21N3O3S/c1-3-9-21-17(23)12-8-7-11(10-14(12)20-18(21)25)16(22)19-13-5-4-6-15(13)24-2/h3,7-8,10,13,15H,1,4-6,9H2,2H3,(H,19,22)(H,20,25)/t13-,15-/m1/s1. The average Bonchev–Trinajstić information content (AvgIpc) is 3.05. The van der Waals surface area contributed by atoms with E-state index >= 15 is 0 Å². The molecule has 132 valence electrons. The number of nitrogens with zero attached hydrogens (tertiary/aromatic N) is 1. The van der Waals surface area contributed by atoms with Gasteiger partial charge in [0.25, 0.3) is 11.5 Å². The summed E-state index contributed by atoms with van der Waals surface area (Å²) in [6, 6.07) is 4.99. The number of fused-ring (bicyclic) bond motifs is 1. The Balaban J connectivity index is 1.92. The number of allylic oxidation sites excluding steroid dienone is 1. The molecule has 1 amide bonds. The Labute approximate surface area is 150 Å². The van der Waals surface area contributed by atoms with Crippen molar-refractivity contribution in [3.63, 3.8) is 0 Å². The van der Waals surface area contributed by atoms with Gasteiger partial charge in [0.15, 0.2) is 4.77 Å². The van der Waals surface area contributed by atoms with Crippen molar-refractivity contribution in [1.82, 2.24) is 14.9 Å². The molecule has 6 nitrogen and oxygen atoms in total. The molecule has 7 heteroatoms. The predicted molar refractivity (Wildman–Crippen MR) is 99.5 cm³/mol. The molecule has 1 heterocycles. The van der Waals surface area contributed by atoms with Gasteiger partial charge in [-0.25, -0.2) is 0 Å². The summed E-state index contributed by atoms with van der Waals surface area (Å²) in [4.78, 5) is 28.1. The van der Waals surface area contributed by atoms with Crippen LogP contribution in [0, 0.1) is 4.77 Å². The first-order chi connectivity index (χ1) is 12.0. The average molecular weight is 359 g/mol. The summed E-state index contributed by atoms with van der Waals surface area (Å²) in [6.45, 7) is 3.97. The summed E-state index contributed by atoms with van der Waals surface area (Å²) in [5.41, 5.74) is 0.847. The van der Waals surface area contributed by atoms with E-state index in [0.29, 0.717) is 27.8 Å². The second-order valence-electron chi connectivity index (χ2n) is 6.18. The summed E-state index contributed by atoms with van der Waals surface area (Å²) >= 11 is 5.23. The van der Waals surface area contributed by atoms with E-state index in [0.717, 1.165) is 19.3 Å². The number of hydrogen-bond donors (Lipinski definition) is 2. The van der Waals surface area contributed by atoms with E-state index in [9.17, 15) is 9.59 Å². The van der Waals surface area contributed by atoms with Gasteiger partial charge in [-0.2, -0.15) is 0 Å². The van der Waals surface area contributed by atoms with Crippen molar-refractivity contribution >= 4 is 29.0 Å². The summed E-state index contributed by atoms with van der Waals surface area (Å²) in [5, 5.41) is 3.51. The second-order valence-corrected chi connectivity index (χ2v) is 6.57. The van der Waals surface area contributed by atoms with Gasteiger partial charge in [0.05, 0.1) is 23.0 Å². The molecule has 0 bridgehead atoms. The van der Waals surface area contributed by atoms with Crippen LogP contribution in [0.2, 0.25) is 0 Å². The Morgan fingerprint density at radius 3 is 3.04 bits per heavy atom. The van der Waals surface area contributed by atoms with E-state index in [2.05, 4.69) is 16.9 Å². The van der Waals surface area contributed by atoms with E-state index in [4.69, 9.17) is 17.0 Å². The third-order valence-corrected chi connectivity index (χ3v) is 4.95. The zero-order valence-corrected chi connectivity index (χ0v) is 14.9. The van der Waals surface area contributed by atoms with Gasteiger partial charge in [-0.3, -0.25) is 14.2 Å². The van der Waals surface area contributed by atoms with Gasteiger partial charge >= 0.3 is 0 Å². The minimum Gasteiger partial charge on any atom is -0.379 e. The van der Waals surface area contributed by atoms with E-state index < -0.39 is 0 Å². The number of carbonyl (C=O) groups is 1. The number of rotatable bonds is 5. The van der Waals surface area contributed by atoms with Crippen molar-refractivity contribution in [2.24, 2.45) is 0 Å². The Morgan fingerprint density at radius 2 is 2.32 bits per heavy atom. The molecule has 0 spiro atoms. The number of amides is 1. The maximum Gasteiger partial charge on any atom is 0.262 e. The summed E-state index contributed by atoms with van der Waals surface area (Å²) in [6.07, 6.45) is 4.58. The van der Waals surface area contributed by atoms with Crippen molar-refractivity contribution in [2.45, 2.75) is 38.0 Å². The van der Waals surface area contributed by atoms with Gasteiger partial charge in [-0.05, 0) is 49.7 Å². The van der Waals surface area contributed by atoms with Gasteiger partial charge in [0.1, 0.15) is 0 Å². The van der Waals surface area contributed by atoms with Crippen molar-refractivity contribution in [1.29, 1.82) is 0 Å². The van der Waals surface area contributed by atoms with E-state index in [1.165, 1.54) is 4.57 Å². The molecule has 2 atom stereocenters. The Bertz CT molecular complexity index is 931. The molecule has 2 N–H and O–H groups in total. The molecule has 0 unspecified atom stereocenters. The first kappa shape index (κ1) is 17.6. The van der Waals surface area contributed by atoms with Gasteiger partial charge in [-0.1, -0.05) is 6.08 Å². The Hall–Kier alpha value is -2.25. The van der Waals surface area contributed by atoms with Crippen molar-refractivity contribution < 1.29 is 9.53 Å². The van der Waals surface area contributed by atoms with E-state index in [1.807, 2.05) is 0 Å². The van der Waals surface area contributed by atoms with Crippen LogP contribution in [0.1, 0.15) is 29.6 Å². The lowest BCUT2D eigenvalue weighted by Crippen LogP contribution is -2.40. The lowest BCUT2D eigenvalue weighted by Gasteiger charge is -2.19. The topological polar surface area (TPSA) is 76.1 Å². The molecule has 1 aromatic heterocycles. The highest BCUT2D eigenvalue weighted by atomic mass is 32.1. The van der Waals surface area contributed by atoms with Crippen LogP contribution in [0.4, 0.5) is 0 Å². The van der Waals surface area contributed by atoms with E-state index in [-0.39, 0.29) is 23.6 Å². The number of benzene rings is 1. The highest BCUT2D eigenvalue weighted by molar-refractivity contribution is 7.71. The third-order valence-electron chi connectivity index (χ3n) is 4.63. The molecule has 3 rings (SSSR count). The van der Waals surface area contributed by atoms with Gasteiger partial charge in [-0.15, -0.1) is 6.58 Å². The molecule has 0 aliphatic heterocycles. The molecule has 25 heavy (non-hydrogen) atoms. The summed E-state index contributed by atoms with van der Waals surface area (Å²) in [5.74, 6) is -0.176. The van der Waals surface area contributed by atoms with Crippen LogP contribution in [0.3, 0.4) is 0 Å². The molecule has 0 radical (unpaired) electrons. The highest BCUT2D eigenvalue weighted by Gasteiger charge is 2.28. The van der Waals surface area contributed by atoms with Crippen LogP contribution in [0.15, 0.2) is 35.6 Å². The molecular formula is C18H21N3O3S. The fourth-order valence-electron chi connectivity index (χ4n) is 3.32. The molecule has 2 aromatic rings. The number of aromatic amines is 1. The summed E-state index contributed by atoms with van der Waals surface area (Å²) in [7, 11) is 1.67. The minimum absolute atomic E-state index is 0.0206. The Kier molecular flexibility index (Phi) is 5.15. The largest absolute Gasteiger partial charge is 0.379 e. The monoisotopic (exact) mass is 359 g/mol. The number of H-pyrrole nitrogens is 1. The van der Waals surface area contributed by atoms with Crippen molar-refractivity contribution in [3.8, 4) is 0 Å². The quantitative estimate of drug-likeness (QED) is 0.635. The number of hydrogen-bond acceptors (Lipinski definition) is 4. The fourth-order valence-corrected chi connectivity index (χ4v) is 3.58. The third kappa shape index (κ3) is 3.43. The number of ether oxygens (including phenoxy) is 1. The molecule has 1 aliphatic carbocycles. The number of carbonyl (C=O) groups excluding carboxylic acids is 1. The first-order valence-corrected chi connectivity index (χ1v) is 8.67. The zero-order valence-electron chi connectivity index (χ0n) is 14.1. The van der Waals surface area contributed by atoms with Crippen LogP contribution >= 0.6 is 12.2 Å². The zero-order chi connectivity index (χ0) is 18.0. The smallest absolute Gasteiger partial charge is 0.262 e. The number of nitrogens with one attached hydrogen (secondary N) is 2. The van der Waals surface area contributed by atoms with Gasteiger partial charge < -0.3 is 15.0 Å². The predicted octanol–water partition coefficient (Wildman–Crippen LogP) is 2.54. The maximum atomic E-state index is 12.5. The van der Waals surface area contributed by atoms with E-state index in [1.54, 1.807) is 31.4 Å². The SMILES string of the molecule is C=CCn1c(=S)[nH]c2cc(C(=O)N[C@@H]3CCC[C@H]3OC)ccc2c1=O. The number of methoxy groups -OCH3 is 1. The molecule has 1 aliphatic rings. The van der Waals surface area contributed by atoms with Crippen molar-refractivity contribution in [3.05, 3.63) is 51.5 Å². The van der Waals surface area contributed by atoms with Gasteiger partial charge in [0.2, 0.25) is 0 Å². The number of aromatic nitrogens is 2.